The fourth-order valence-corrected chi connectivity index (χ4v) is 1.46. The zero-order valence-electron chi connectivity index (χ0n) is 7.61. The van der Waals surface area contributed by atoms with Crippen molar-refractivity contribution in [3.05, 3.63) is 40.8 Å². The minimum absolute atomic E-state index is 0.0642. The molecule has 0 amide bonds. The summed E-state index contributed by atoms with van der Waals surface area (Å²) in [4.78, 5) is 7.41. The van der Waals surface area contributed by atoms with Crippen LogP contribution in [0, 0.1) is 5.82 Å². The van der Waals surface area contributed by atoms with Gasteiger partial charge in [0.1, 0.15) is 5.69 Å². The maximum absolute atomic E-state index is 13.4. The molecule has 2 rings (SSSR count). The Balaban J connectivity index is 2.53. The number of benzene rings is 1. The van der Waals surface area contributed by atoms with Crippen LogP contribution in [0.4, 0.5) is 10.3 Å². The second-order valence-corrected chi connectivity index (χ2v) is 3.85. The number of nitrogens with two attached hydrogens (primary N) is 1. The van der Waals surface area contributed by atoms with Gasteiger partial charge < -0.3 is 5.73 Å². The Morgan fingerprint density at radius 3 is 2.53 bits per heavy atom. The first-order valence-electron chi connectivity index (χ1n) is 4.21. The Bertz CT molecular complexity index is 485. The van der Waals surface area contributed by atoms with Gasteiger partial charge in [-0.15, -0.1) is 0 Å². The van der Waals surface area contributed by atoms with Crippen LogP contribution in [0.15, 0.2) is 34.9 Å². The molecule has 0 spiro atoms. The highest BCUT2D eigenvalue weighted by molar-refractivity contribution is 9.10. The van der Waals surface area contributed by atoms with Crippen molar-refractivity contribution in [2.45, 2.75) is 0 Å². The van der Waals surface area contributed by atoms with E-state index in [0.29, 0.717) is 5.56 Å². The highest BCUT2D eigenvalue weighted by atomic mass is 79.9. The van der Waals surface area contributed by atoms with Gasteiger partial charge in [-0.3, -0.25) is 0 Å². The van der Waals surface area contributed by atoms with Gasteiger partial charge in [-0.05, 0) is 12.1 Å². The van der Waals surface area contributed by atoms with Crippen molar-refractivity contribution in [3.63, 3.8) is 0 Å². The molecule has 0 aliphatic rings. The number of rotatable bonds is 1. The summed E-state index contributed by atoms with van der Waals surface area (Å²) in [5.74, 6) is -0.416. The van der Waals surface area contributed by atoms with Gasteiger partial charge in [0, 0.05) is 10.0 Å². The zero-order valence-corrected chi connectivity index (χ0v) is 9.20. The van der Waals surface area contributed by atoms with E-state index < -0.39 is 5.82 Å². The first kappa shape index (κ1) is 10.0. The minimum atomic E-state index is -0.480. The molecule has 2 N–H and O–H groups in total. The van der Waals surface area contributed by atoms with Crippen LogP contribution in [0.3, 0.4) is 0 Å². The molecule has 5 heteroatoms. The summed E-state index contributed by atoms with van der Waals surface area (Å²) in [6.07, 6.45) is 1.07. The fourth-order valence-electron chi connectivity index (χ4n) is 1.19. The van der Waals surface area contributed by atoms with Crippen LogP contribution in [0.2, 0.25) is 0 Å². The van der Waals surface area contributed by atoms with E-state index >= 15 is 0 Å². The second-order valence-electron chi connectivity index (χ2n) is 2.93. The summed E-state index contributed by atoms with van der Waals surface area (Å²) in [6.45, 7) is 0. The Morgan fingerprint density at radius 2 is 1.87 bits per heavy atom. The molecule has 1 heterocycles. The number of hydrogen-bond donors (Lipinski definition) is 1. The summed E-state index contributed by atoms with van der Waals surface area (Å²) >= 11 is 3.30. The number of halogens is 2. The molecule has 15 heavy (non-hydrogen) atoms. The number of anilines is 1. The van der Waals surface area contributed by atoms with E-state index in [-0.39, 0.29) is 11.6 Å². The van der Waals surface area contributed by atoms with Gasteiger partial charge in [0.25, 0.3) is 0 Å². The first-order valence-corrected chi connectivity index (χ1v) is 5.00. The number of nitrogens with zero attached hydrogens (tertiary/aromatic N) is 2. The average Bonchev–Trinajstić information content (AvgIpc) is 2.23. The van der Waals surface area contributed by atoms with Crippen molar-refractivity contribution < 1.29 is 4.39 Å². The Labute approximate surface area is 94.3 Å². The third-order valence-corrected chi connectivity index (χ3v) is 2.41. The van der Waals surface area contributed by atoms with Crippen molar-refractivity contribution in [1.82, 2.24) is 9.97 Å². The van der Waals surface area contributed by atoms with Crippen molar-refractivity contribution in [3.8, 4) is 11.3 Å². The lowest BCUT2D eigenvalue weighted by atomic mass is 10.1. The molecule has 1 aromatic carbocycles. The third kappa shape index (κ3) is 2.12. The highest BCUT2D eigenvalue weighted by Crippen LogP contribution is 2.22. The summed E-state index contributed by atoms with van der Waals surface area (Å²) in [5, 5.41) is 0. The van der Waals surface area contributed by atoms with Crippen molar-refractivity contribution in [2.75, 3.05) is 5.73 Å². The lowest BCUT2D eigenvalue weighted by Gasteiger charge is -2.02. The van der Waals surface area contributed by atoms with Crippen molar-refractivity contribution >= 4 is 21.9 Å². The van der Waals surface area contributed by atoms with Gasteiger partial charge in [0.05, 0.1) is 6.20 Å². The summed E-state index contributed by atoms with van der Waals surface area (Å²) < 4.78 is 14.3. The number of hydrogen-bond acceptors (Lipinski definition) is 3. The van der Waals surface area contributed by atoms with E-state index in [0.717, 1.165) is 10.7 Å². The van der Waals surface area contributed by atoms with Crippen LogP contribution in [-0.4, -0.2) is 9.97 Å². The molecule has 0 atom stereocenters. The monoisotopic (exact) mass is 267 g/mol. The molecule has 76 valence electrons. The first-order chi connectivity index (χ1) is 7.16. The fraction of sp³-hybridized carbons (Fsp3) is 0. The molecule has 1 aromatic heterocycles. The summed E-state index contributed by atoms with van der Waals surface area (Å²) in [6, 6.07) is 7.14. The van der Waals surface area contributed by atoms with Crippen LogP contribution >= 0.6 is 15.9 Å². The highest BCUT2D eigenvalue weighted by Gasteiger charge is 2.07. The molecule has 0 saturated carbocycles. The molecule has 0 fully saturated rings. The summed E-state index contributed by atoms with van der Waals surface area (Å²) in [7, 11) is 0. The van der Waals surface area contributed by atoms with Gasteiger partial charge in [0.2, 0.25) is 5.95 Å². The van der Waals surface area contributed by atoms with Crippen LogP contribution in [0.25, 0.3) is 11.3 Å². The van der Waals surface area contributed by atoms with Gasteiger partial charge >= 0.3 is 0 Å². The molecular weight excluding hydrogens is 261 g/mol. The molecule has 3 nitrogen and oxygen atoms in total. The lowest BCUT2D eigenvalue weighted by molar-refractivity contribution is 0.619. The predicted molar refractivity (Wildman–Crippen MR) is 59.5 cm³/mol. The topological polar surface area (TPSA) is 51.8 Å². The molecule has 0 aliphatic heterocycles. The Morgan fingerprint density at radius 1 is 1.20 bits per heavy atom. The average molecular weight is 268 g/mol. The van der Waals surface area contributed by atoms with E-state index in [1.54, 1.807) is 12.1 Å². The molecule has 2 aromatic rings. The smallest absolute Gasteiger partial charge is 0.220 e. The van der Waals surface area contributed by atoms with Gasteiger partial charge in [-0.2, -0.15) is 0 Å². The zero-order chi connectivity index (χ0) is 10.8. The maximum atomic E-state index is 13.4. The Kier molecular flexibility index (Phi) is 2.64. The van der Waals surface area contributed by atoms with Crippen LogP contribution in [-0.2, 0) is 0 Å². The van der Waals surface area contributed by atoms with E-state index in [1.165, 1.54) is 0 Å². The molecular formula is C10H7BrFN3. The summed E-state index contributed by atoms with van der Waals surface area (Å²) in [5.41, 5.74) is 6.29. The molecule has 0 aliphatic carbocycles. The van der Waals surface area contributed by atoms with Gasteiger partial charge in [0.15, 0.2) is 5.82 Å². The van der Waals surface area contributed by atoms with Gasteiger partial charge in [-0.25, -0.2) is 14.4 Å². The predicted octanol–water partition coefficient (Wildman–Crippen LogP) is 2.63. The number of nitrogen functional groups attached to an aromatic ring is 1. The molecule has 0 unspecified atom stereocenters. The van der Waals surface area contributed by atoms with Crippen molar-refractivity contribution in [1.29, 1.82) is 0 Å². The second kappa shape index (κ2) is 3.94. The van der Waals surface area contributed by atoms with Crippen molar-refractivity contribution in [2.24, 2.45) is 0 Å². The van der Waals surface area contributed by atoms with Crippen LogP contribution in [0.1, 0.15) is 0 Å². The minimum Gasteiger partial charge on any atom is -0.368 e. The third-order valence-electron chi connectivity index (χ3n) is 1.88. The maximum Gasteiger partial charge on any atom is 0.220 e. The van der Waals surface area contributed by atoms with E-state index in [2.05, 4.69) is 25.9 Å². The Hall–Kier alpha value is -1.49. The molecule has 0 radical (unpaired) electrons. The van der Waals surface area contributed by atoms with Crippen LogP contribution < -0.4 is 5.73 Å². The lowest BCUT2D eigenvalue weighted by Crippen LogP contribution is -1.98. The standard InChI is InChI=1S/C10H7BrFN3/c11-7-3-1-6(2-4-7)9-8(12)5-14-10(13)15-9/h1-5H,(H2,13,14,15). The van der Waals surface area contributed by atoms with Crippen LogP contribution in [0.5, 0.6) is 0 Å². The van der Waals surface area contributed by atoms with E-state index in [1.807, 2.05) is 12.1 Å². The number of aromatic nitrogens is 2. The van der Waals surface area contributed by atoms with E-state index in [4.69, 9.17) is 5.73 Å². The molecule has 0 saturated heterocycles. The normalized spacial score (nSPS) is 10.3. The quantitative estimate of drug-likeness (QED) is 0.864. The SMILES string of the molecule is Nc1ncc(F)c(-c2ccc(Br)cc2)n1. The molecule has 0 bridgehead atoms. The van der Waals surface area contributed by atoms with E-state index in [9.17, 15) is 4.39 Å². The van der Waals surface area contributed by atoms with Gasteiger partial charge in [-0.1, -0.05) is 28.1 Å². The largest absolute Gasteiger partial charge is 0.368 e.